The minimum Gasteiger partial charge on any atom is -0.399 e. The molecule has 1 aromatic rings. The minimum absolute atomic E-state index is 0.0400. The van der Waals surface area contributed by atoms with Crippen LogP contribution in [0.1, 0.15) is 19.8 Å². The first-order valence-corrected chi connectivity index (χ1v) is 8.30. The molecule has 1 atom stereocenters. The molecule has 4 nitrogen and oxygen atoms in total. The molecule has 2 N–H and O–H groups in total. The van der Waals surface area contributed by atoms with Crippen molar-refractivity contribution in [3.63, 3.8) is 0 Å². The normalized spacial score (nSPS) is 20.9. The fourth-order valence-corrected chi connectivity index (χ4v) is 5.01. The monoisotopic (exact) mass is 322 g/mol. The molecule has 1 aromatic carbocycles. The van der Waals surface area contributed by atoms with Crippen LogP contribution in [0.5, 0.6) is 0 Å². The van der Waals surface area contributed by atoms with Gasteiger partial charge in [-0.15, -0.1) is 0 Å². The number of benzene rings is 1. The van der Waals surface area contributed by atoms with Crippen molar-refractivity contribution in [1.29, 1.82) is 0 Å². The molecule has 0 radical (unpaired) electrons. The zero-order valence-electron chi connectivity index (χ0n) is 10.6. The average Bonchev–Trinajstić information content (AvgIpc) is 2.75. The topological polar surface area (TPSA) is 63.4 Å². The van der Waals surface area contributed by atoms with Gasteiger partial charge in [-0.25, -0.2) is 8.42 Å². The average molecular weight is 323 g/mol. The predicted molar refractivity (Wildman–Crippen MR) is 78.0 cm³/mol. The molecule has 0 bridgehead atoms. The van der Waals surface area contributed by atoms with Gasteiger partial charge in [0.25, 0.3) is 0 Å². The van der Waals surface area contributed by atoms with Gasteiger partial charge in [-0.1, -0.05) is 36.5 Å². The van der Waals surface area contributed by atoms with Crippen molar-refractivity contribution in [2.45, 2.75) is 24.7 Å². The first-order valence-electron chi connectivity index (χ1n) is 6.11. The maximum Gasteiger partial charge on any atom is 0.246 e. The third-order valence-electron chi connectivity index (χ3n) is 3.44. The fourth-order valence-electron chi connectivity index (χ4n) is 2.30. The van der Waals surface area contributed by atoms with E-state index in [0.717, 1.165) is 12.8 Å². The van der Waals surface area contributed by atoms with Crippen LogP contribution < -0.4 is 5.73 Å². The molecule has 0 saturated carbocycles. The van der Waals surface area contributed by atoms with Crippen molar-refractivity contribution in [3.8, 4) is 0 Å². The van der Waals surface area contributed by atoms with Crippen molar-refractivity contribution in [3.05, 3.63) is 22.2 Å². The van der Waals surface area contributed by atoms with E-state index in [-0.39, 0.29) is 14.9 Å². The molecule has 0 aliphatic carbocycles. The molecular formula is C12H16Cl2N2O2S. The lowest BCUT2D eigenvalue weighted by atomic mass is 10.1. The molecule has 1 heterocycles. The number of anilines is 1. The first-order chi connectivity index (χ1) is 8.86. The van der Waals surface area contributed by atoms with Gasteiger partial charge in [0.15, 0.2) is 0 Å². The summed E-state index contributed by atoms with van der Waals surface area (Å²) >= 11 is 12.0. The summed E-state index contributed by atoms with van der Waals surface area (Å²) in [7, 11) is -3.65. The smallest absolute Gasteiger partial charge is 0.246 e. The highest BCUT2D eigenvalue weighted by molar-refractivity contribution is 7.89. The Labute approximate surface area is 123 Å². The zero-order valence-corrected chi connectivity index (χ0v) is 12.9. The summed E-state index contributed by atoms with van der Waals surface area (Å²) in [5, 5.41) is 0.148. The van der Waals surface area contributed by atoms with Gasteiger partial charge >= 0.3 is 0 Å². The Morgan fingerprint density at radius 2 is 1.95 bits per heavy atom. The van der Waals surface area contributed by atoms with Gasteiger partial charge in [-0.05, 0) is 24.5 Å². The maximum absolute atomic E-state index is 12.6. The van der Waals surface area contributed by atoms with Crippen molar-refractivity contribution in [2.24, 2.45) is 5.92 Å². The number of nitrogens with two attached hydrogens (primary N) is 1. The lowest BCUT2D eigenvalue weighted by Crippen LogP contribution is -2.29. The van der Waals surface area contributed by atoms with Gasteiger partial charge in [0.1, 0.15) is 4.90 Å². The maximum atomic E-state index is 12.6. The second-order valence-electron chi connectivity index (χ2n) is 4.74. The van der Waals surface area contributed by atoms with Crippen LogP contribution in [-0.2, 0) is 10.0 Å². The molecule has 1 saturated heterocycles. The Morgan fingerprint density at radius 1 is 1.37 bits per heavy atom. The Hall–Kier alpha value is -0.490. The number of sulfonamides is 1. The van der Waals surface area contributed by atoms with E-state index in [1.165, 1.54) is 16.4 Å². The molecule has 1 aliphatic heterocycles. The first kappa shape index (κ1) is 14.9. The van der Waals surface area contributed by atoms with Gasteiger partial charge < -0.3 is 5.73 Å². The van der Waals surface area contributed by atoms with Crippen molar-refractivity contribution in [1.82, 2.24) is 4.31 Å². The van der Waals surface area contributed by atoms with Gasteiger partial charge in [0, 0.05) is 18.8 Å². The molecule has 1 aliphatic rings. The van der Waals surface area contributed by atoms with Crippen molar-refractivity contribution in [2.75, 3.05) is 18.8 Å². The summed E-state index contributed by atoms with van der Waals surface area (Å²) in [6.07, 6.45) is 1.84. The highest BCUT2D eigenvalue weighted by Gasteiger charge is 2.34. The summed E-state index contributed by atoms with van der Waals surface area (Å²) in [5.74, 6) is 0.404. The van der Waals surface area contributed by atoms with E-state index in [1.54, 1.807) is 0 Å². The summed E-state index contributed by atoms with van der Waals surface area (Å²) in [6.45, 7) is 3.09. The van der Waals surface area contributed by atoms with Crippen LogP contribution in [0.3, 0.4) is 0 Å². The van der Waals surface area contributed by atoms with Gasteiger partial charge in [-0.3, -0.25) is 0 Å². The van der Waals surface area contributed by atoms with Crippen LogP contribution in [0, 0.1) is 5.92 Å². The standard InChI is InChI=1S/C12H16Cl2N2O2S/c1-2-8-3-4-16(7-8)19(17,18)12-10(13)5-9(15)6-11(12)14/h5-6,8H,2-4,7,15H2,1H3. The number of nitrogens with zero attached hydrogens (tertiary/aromatic N) is 1. The second-order valence-corrected chi connectivity index (χ2v) is 7.43. The van der Waals surface area contributed by atoms with E-state index in [9.17, 15) is 8.42 Å². The van der Waals surface area contributed by atoms with E-state index in [2.05, 4.69) is 6.92 Å². The SMILES string of the molecule is CCC1CCN(S(=O)(=O)c2c(Cl)cc(N)cc2Cl)C1. The Kier molecular flexibility index (Phi) is 4.30. The summed E-state index contributed by atoms with van der Waals surface area (Å²) in [5.41, 5.74) is 5.94. The van der Waals surface area contributed by atoms with Crippen molar-refractivity contribution >= 4 is 38.9 Å². The third kappa shape index (κ3) is 2.84. The zero-order chi connectivity index (χ0) is 14.2. The van der Waals surface area contributed by atoms with Crippen LogP contribution in [-0.4, -0.2) is 25.8 Å². The van der Waals surface area contributed by atoms with E-state index in [4.69, 9.17) is 28.9 Å². The highest BCUT2D eigenvalue weighted by Crippen LogP contribution is 2.35. The summed E-state index contributed by atoms with van der Waals surface area (Å²) < 4.78 is 26.6. The lowest BCUT2D eigenvalue weighted by Gasteiger charge is -2.18. The number of nitrogen functional groups attached to an aromatic ring is 1. The number of hydrogen-bond donors (Lipinski definition) is 1. The number of halogens is 2. The molecular weight excluding hydrogens is 307 g/mol. The molecule has 0 spiro atoms. The molecule has 7 heteroatoms. The highest BCUT2D eigenvalue weighted by atomic mass is 35.5. The van der Waals surface area contributed by atoms with Gasteiger partial charge in [-0.2, -0.15) is 4.31 Å². The van der Waals surface area contributed by atoms with E-state index in [0.29, 0.717) is 24.7 Å². The van der Waals surface area contributed by atoms with Crippen LogP contribution in [0.4, 0.5) is 5.69 Å². The third-order valence-corrected chi connectivity index (χ3v) is 6.23. The number of rotatable bonds is 3. The van der Waals surface area contributed by atoms with E-state index < -0.39 is 10.0 Å². The molecule has 2 rings (SSSR count). The quantitative estimate of drug-likeness (QED) is 0.870. The van der Waals surface area contributed by atoms with Crippen LogP contribution >= 0.6 is 23.2 Å². The largest absolute Gasteiger partial charge is 0.399 e. The fraction of sp³-hybridized carbons (Fsp3) is 0.500. The molecule has 0 amide bonds. The molecule has 0 aromatic heterocycles. The van der Waals surface area contributed by atoms with E-state index >= 15 is 0 Å². The predicted octanol–water partition coefficient (Wildman–Crippen LogP) is 3.00. The Bertz CT molecular complexity index is 566. The van der Waals surface area contributed by atoms with E-state index in [1.807, 2.05) is 0 Å². The van der Waals surface area contributed by atoms with Crippen LogP contribution in [0.15, 0.2) is 17.0 Å². The molecule has 19 heavy (non-hydrogen) atoms. The van der Waals surface area contributed by atoms with Crippen molar-refractivity contribution < 1.29 is 8.42 Å². The van der Waals surface area contributed by atoms with Crippen LogP contribution in [0.25, 0.3) is 0 Å². The lowest BCUT2D eigenvalue weighted by molar-refractivity contribution is 0.453. The Morgan fingerprint density at radius 3 is 2.42 bits per heavy atom. The molecule has 1 unspecified atom stereocenters. The Balaban J connectivity index is 2.41. The summed E-state index contributed by atoms with van der Waals surface area (Å²) in [4.78, 5) is -0.0400. The second kappa shape index (κ2) is 5.48. The van der Waals surface area contributed by atoms with Gasteiger partial charge in [0.05, 0.1) is 10.0 Å². The molecule has 106 valence electrons. The van der Waals surface area contributed by atoms with Crippen LogP contribution in [0.2, 0.25) is 10.0 Å². The number of hydrogen-bond acceptors (Lipinski definition) is 3. The minimum atomic E-state index is -3.65. The summed E-state index contributed by atoms with van der Waals surface area (Å²) in [6, 6.07) is 2.82. The molecule has 1 fully saturated rings. The van der Waals surface area contributed by atoms with Gasteiger partial charge in [0.2, 0.25) is 10.0 Å².